The molecule has 130 valence electrons. The molecule has 0 fully saturated rings. The largest absolute Gasteiger partial charge is 0.455 e. The van der Waals surface area contributed by atoms with E-state index in [4.69, 9.17) is 4.42 Å². The topological polar surface area (TPSA) is 41.8 Å². The number of rotatable bonds is 0. The fraction of sp³-hybridized carbons (Fsp3) is 0. The van der Waals surface area contributed by atoms with E-state index in [1.54, 1.807) is 0 Å². The maximum Gasteiger partial charge on any atom is 0.146 e. The highest BCUT2D eigenvalue weighted by Crippen LogP contribution is 2.44. The fourth-order valence-electron chi connectivity index (χ4n) is 4.67. The Kier molecular flexibility index (Phi) is 2.49. The average Bonchev–Trinajstić information content (AvgIpc) is 3.33. The first kappa shape index (κ1) is 14.2. The predicted molar refractivity (Wildman–Crippen MR) is 116 cm³/mol. The third-order valence-corrected chi connectivity index (χ3v) is 5.87. The van der Waals surface area contributed by atoms with E-state index in [0.29, 0.717) is 0 Å². The number of para-hydroxylation sites is 1. The van der Waals surface area contributed by atoms with Crippen molar-refractivity contribution in [2.45, 2.75) is 0 Å². The molecule has 3 nitrogen and oxygen atoms in total. The number of furan rings is 1. The number of aromatic nitrogens is 2. The molecule has 4 aromatic carbocycles. The second kappa shape index (κ2) is 4.90. The first-order valence-corrected chi connectivity index (χ1v) is 9.40. The SMILES string of the molecule is c1ccc2c(c1)ccc1c2oc2c3cnccc3c3c4ccccc4[nH]c3c12. The highest BCUT2D eigenvalue weighted by atomic mass is 16.3. The molecule has 3 heterocycles. The van der Waals surface area contributed by atoms with Gasteiger partial charge in [-0.2, -0.15) is 0 Å². The van der Waals surface area contributed by atoms with Gasteiger partial charge in [0, 0.05) is 44.8 Å². The summed E-state index contributed by atoms with van der Waals surface area (Å²) in [6.07, 6.45) is 3.77. The molecule has 0 saturated heterocycles. The van der Waals surface area contributed by atoms with Gasteiger partial charge < -0.3 is 9.40 Å². The summed E-state index contributed by atoms with van der Waals surface area (Å²) >= 11 is 0. The van der Waals surface area contributed by atoms with Crippen molar-refractivity contribution < 1.29 is 4.42 Å². The Labute approximate surface area is 159 Å². The summed E-state index contributed by atoms with van der Waals surface area (Å²) in [5.74, 6) is 0. The molecule has 3 aromatic heterocycles. The number of hydrogen-bond donors (Lipinski definition) is 1. The van der Waals surface area contributed by atoms with Crippen LogP contribution in [0.25, 0.3) is 65.3 Å². The maximum atomic E-state index is 6.52. The summed E-state index contributed by atoms with van der Waals surface area (Å²) in [5, 5.41) is 9.26. The Bertz CT molecular complexity index is 1720. The first-order valence-electron chi connectivity index (χ1n) is 9.40. The number of hydrogen-bond acceptors (Lipinski definition) is 2. The second-order valence-corrected chi connectivity index (χ2v) is 7.31. The highest BCUT2D eigenvalue weighted by molar-refractivity contribution is 6.35. The fourth-order valence-corrected chi connectivity index (χ4v) is 4.67. The zero-order valence-electron chi connectivity index (χ0n) is 14.9. The molecule has 0 spiro atoms. The van der Waals surface area contributed by atoms with Gasteiger partial charge in [0.2, 0.25) is 0 Å². The highest BCUT2D eigenvalue weighted by Gasteiger charge is 2.19. The lowest BCUT2D eigenvalue weighted by atomic mass is 10.00. The van der Waals surface area contributed by atoms with Crippen LogP contribution >= 0.6 is 0 Å². The Morgan fingerprint density at radius 2 is 1.50 bits per heavy atom. The van der Waals surface area contributed by atoms with Crippen molar-refractivity contribution in [3.63, 3.8) is 0 Å². The zero-order chi connectivity index (χ0) is 18.2. The molecule has 0 radical (unpaired) electrons. The van der Waals surface area contributed by atoms with Crippen LogP contribution in [0.5, 0.6) is 0 Å². The van der Waals surface area contributed by atoms with Crippen molar-refractivity contribution in [3.05, 3.63) is 79.1 Å². The molecule has 7 rings (SSSR count). The summed E-state index contributed by atoms with van der Waals surface area (Å²) in [6.45, 7) is 0. The molecule has 28 heavy (non-hydrogen) atoms. The van der Waals surface area contributed by atoms with E-state index in [-0.39, 0.29) is 0 Å². The molecule has 0 aliphatic carbocycles. The normalized spacial score (nSPS) is 12.3. The number of benzene rings is 4. The number of aromatic amines is 1. The van der Waals surface area contributed by atoms with Crippen LogP contribution in [0, 0.1) is 0 Å². The van der Waals surface area contributed by atoms with Crippen molar-refractivity contribution in [3.8, 4) is 0 Å². The average molecular weight is 358 g/mol. The van der Waals surface area contributed by atoms with Crippen LogP contribution in [-0.2, 0) is 0 Å². The van der Waals surface area contributed by atoms with Crippen LogP contribution in [0.3, 0.4) is 0 Å². The lowest BCUT2D eigenvalue weighted by molar-refractivity contribution is 0.676. The summed E-state index contributed by atoms with van der Waals surface area (Å²) in [7, 11) is 0. The number of nitrogens with zero attached hydrogens (tertiary/aromatic N) is 1. The number of H-pyrrole nitrogens is 1. The molecule has 0 saturated carbocycles. The molecule has 1 N–H and O–H groups in total. The molecule has 0 bridgehead atoms. The minimum absolute atomic E-state index is 0.897. The van der Waals surface area contributed by atoms with E-state index in [0.717, 1.165) is 43.7 Å². The van der Waals surface area contributed by atoms with Gasteiger partial charge in [-0.3, -0.25) is 4.98 Å². The summed E-state index contributed by atoms with van der Waals surface area (Å²) < 4.78 is 6.52. The Morgan fingerprint density at radius 3 is 2.46 bits per heavy atom. The third kappa shape index (κ3) is 1.62. The van der Waals surface area contributed by atoms with E-state index >= 15 is 0 Å². The first-order chi connectivity index (χ1) is 13.9. The standard InChI is InChI=1S/C25H14N2O/c1-2-6-15-14(5-1)9-10-18-22-23-21(17-7-3-4-8-20(17)27-23)16-11-12-26-13-19(16)25(22)28-24(15)18/h1-13,27H. The van der Waals surface area contributed by atoms with E-state index in [1.165, 1.54) is 21.5 Å². The van der Waals surface area contributed by atoms with E-state index in [1.807, 2.05) is 12.4 Å². The van der Waals surface area contributed by atoms with Crippen LogP contribution in [0.2, 0.25) is 0 Å². The van der Waals surface area contributed by atoms with E-state index in [2.05, 4.69) is 76.7 Å². The minimum Gasteiger partial charge on any atom is -0.455 e. The predicted octanol–water partition coefficient (Wildman–Crippen LogP) is 6.92. The van der Waals surface area contributed by atoms with Gasteiger partial charge in [0.15, 0.2) is 0 Å². The summed E-state index contributed by atoms with van der Waals surface area (Å²) in [6, 6.07) is 23.3. The van der Waals surface area contributed by atoms with Gasteiger partial charge in [-0.1, -0.05) is 48.5 Å². The van der Waals surface area contributed by atoms with Gasteiger partial charge >= 0.3 is 0 Å². The van der Waals surface area contributed by atoms with Crippen molar-refractivity contribution in [1.29, 1.82) is 0 Å². The van der Waals surface area contributed by atoms with Crippen molar-refractivity contribution >= 4 is 65.3 Å². The number of nitrogens with one attached hydrogen (secondary N) is 1. The van der Waals surface area contributed by atoms with Crippen molar-refractivity contribution in [1.82, 2.24) is 9.97 Å². The van der Waals surface area contributed by atoms with Gasteiger partial charge in [0.25, 0.3) is 0 Å². The number of pyridine rings is 1. The molecule has 7 aromatic rings. The van der Waals surface area contributed by atoms with Crippen LogP contribution in [0.15, 0.2) is 83.5 Å². The summed E-state index contributed by atoms with van der Waals surface area (Å²) in [5.41, 5.74) is 4.10. The Hall–Kier alpha value is -3.85. The van der Waals surface area contributed by atoms with Gasteiger partial charge in [0.1, 0.15) is 11.2 Å². The lowest BCUT2D eigenvalue weighted by Gasteiger charge is -2.02. The van der Waals surface area contributed by atoms with Crippen LogP contribution in [-0.4, -0.2) is 9.97 Å². The van der Waals surface area contributed by atoms with Crippen LogP contribution in [0.1, 0.15) is 0 Å². The molecular formula is C25H14N2O. The monoisotopic (exact) mass is 358 g/mol. The third-order valence-electron chi connectivity index (χ3n) is 5.87. The summed E-state index contributed by atoms with van der Waals surface area (Å²) in [4.78, 5) is 8.06. The Morgan fingerprint density at radius 1 is 0.643 bits per heavy atom. The molecular weight excluding hydrogens is 344 g/mol. The van der Waals surface area contributed by atoms with Crippen LogP contribution < -0.4 is 0 Å². The molecule has 0 aliphatic heterocycles. The smallest absolute Gasteiger partial charge is 0.146 e. The Balaban J connectivity index is 1.88. The molecule has 0 unspecified atom stereocenters. The number of fused-ring (bicyclic) bond motifs is 12. The minimum atomic E-state index is 0.897. The maximum absolute atomic E-state index is 6.52. The van der Waals surface area contributed by atoms with Gasteiger partial charge in [-0.15, -0.1) is 0 Å². The van der Waals surface area contributed by atoms with Gasteiger partial charge in [0.05, 0.1) is 10.9 Å². The van der Waals surface area contributed by atoms with Crippen molar-refractivity contribution in [2.24, 2.45) is 0 Å². The zero-order valence-corrected chi connectivity index (χ0v) is 14.9. The van der Waals surface area contributed by atoms with E-state index < -0.39 is 0 Å². The quantitative estimate of drug-likeness (QED) is 0.320. The second-order valence-electron chi connectivity index (χ2n) is 7.31. The van der Waals surface area contributed by atoms with Gasteiger partial charge in [-0.05, 0) is 29.0 Å². The van der Waals surface area contributed by atoms with Crippen LogP contribution in [0.4, 0.5) is 0 Å². The lowest BCUT2D eigenvalue weighted by Crippen LogP contribution is -1.80. The molecule has 0 aliphatic rings. The van der Waals surface area contributed by atoms with Gasteiger partial charge in [-0.25, -0.2) is 0 Å². The molecule has 3 heteroatoms. The van der Waals surface area contributed by atoms with E-state index in [9.17, 15) is 0 Å². The molecule has 0 atom stereocenters. The molecule has 0 amide bonds. The van der Waals surface area contributed by atoms with Crippen molar-refractivity contribution in [2.75, 3.05) is 0 Å².